The first-order valence-corrected chi connectivity index (χ1v) is 13.3. The number of carbonyl (C=O) groups is 3. The molecule has 0 radical (unpaired) electrons. The van der Waals surface area contributed by atoms with E-state index in [1.165, 1.54) is 7.11 Å². The van der Waals surface area contributed by atoms with Gasteiger partial charge in [-0.3, -0.25) is 15.0 Å². The van der Waals surface area contributed by atoms with Gasteiger partial charge in [0.05, 0.1) is 7.11 Å². The maximum atomic E-state index is 14.2. The fourth-order valence-corrected chi connectivity index (χ4v) is 5.30. The number of methoxy groups -OCH3 is 1. The molecule has 0 saturated carbocycles. The van der Waals surface area contributed by atoms with E-state index < -0.39 is 24.1 Å². The molecule has 3 amide bonds. The number of alkyl carbamates (subject to hydrolysis) is 1. The molecule has 0 spiro atoms. The SMILES string of the molecule is COC(=O)NC(C(=O)N1CCC[C@H]1C(=O)NCc1ccc(C(=N)N)c(C)c1)C(c1ccccc1)c1ccccc1. The van der Waals surface area contributed by atoms with E-state index in [4.69, 9.17) is 15.9 Å². The smallest absolute Gasteiger partial charge is 0.407 e. The monoisotopic (exact) mass is 541 g/mol. The third kappa shape index (κ3) is 6.48. The Hall–Kier alpha value is -4.66. The third-order valence-electron chi connectivity index (χ3n) is 7.26. The molecule has 2 atom stereocenters. The number of rotatable bonds is 9. The summed E-state index contributed by atoms with van der Waals surface area (Å²) in [6.07, 6.45) is 0.467. The Morgan fingerprint density at radius 2 is 1.65 bits per heavy atom. The van der Waals surface area contributed by atoms with Crippen molar-refractivity contribution in [3.63, 3.8) is 0 Å². The highest BCUT2D eigenvalue weighted by Crippen LogP contribution is 2.31. The number of nitrogens with one attached hydrogen (secondary N) is 3. The minimum Gasteiger partial charge on any atom is -0.453 e. The highest BCUT2D eigenvalue weighted by molar-refractivity contribution is 5.96. The van der Waals surface area contributed by atoms with E-state index in [-0.39, 0.29) is 24.2 Å². The molecule has 1 aliphatic rings. The number of nitrogens with zero attached hydrogens (tertiary/aromatic N) is 1. The molecule has 0 aliphatic carbocycles. The standard InChI is InChI=1S/C31H35N5O4/c1-20-18-21(15-16-24(20)28(32)33)19-34-29(37)25-14-9-17-36(25)30(38)27(35-31(39)40-2)26(22-10-5-3-6-11-22)23-12-7-4-8-13-23/h3-8,10-13,15-16,18,25-27H,9,14,17,19H2,1-2H3,(H3,32,33)(H,34,37)(H,35,39)/t25-,27?/m0/s1. The fourth-order valence-electron chi connectivity index (χ4n) is 5.30. The average Bonchev–Trinajstić information content (AvgIpc) is 3.46. The molecule has 0 bridgehead atoms. The van der Waals surface area contributed by atoms with Gasteiger partial charge in [0.15, 0.2) is 0 Å². The Bertz CT molecular complexity index is 1320. The average molecular weight is 542 g/mol. The minimum absolute atomic E-state index is 0.00683. The van der Waals surface area contributed by atoms with Gasteiger partial charge in [0, 0.05) is 24.6 Å². The quantitative estimate of drug-likeness (QED) is 0.243. The minimum atomic E-state index is -0.993. The van der Waals surface area contributed by atoms with E-state index in [0.717, 1.165) is 22.3 Å². The van der Waals surface area contributed by atoms with Gasteiger partial charge in [0.25, 0.3) is 0 Å². The Morgan fingerprint density at radius 3 is 2.20 bits per heavy atom. The topological polar surface area (TPSA) is 138 Å². The van der Waals surface area contributed by atoms with Gasteiger partial charge in [-0.2, -0.15) is 0 Å². The molecular weight excluding hydrogens is 506 g/mol. The zero-order chi connectivity index (χ0) is 28.6. The molecule has 1 aliphatic heterocycles. The number of nitrogens with two attached hydrogens (primary N) is 1. The van der Waals surface area contributed by atoms with Gasteiger partial charge in [-0.25, -0.2) is 4.79 Å². The first-order chi connectivity index (χ1) is 19.3. The highest BCUT2D eigenvalue weighted by atomic mass is 16.5. The van der Waals surface area contributed by atoms with Gasteiger partial charge in [-0.15, -0.1) is 0 Å². The maximum Gasteiger partial charge on any atom is 0.407 e. The van der Waals surface area contributed by atoms with Crippen molar-refractivity contribution in [2.24, 2.45) is 5.73 Å². The second-order valence-electron chi connectivity index (χ2n) is 9.88. The maximum absolute atomic E-state index is 14.2. The number of aryl methyl sites for hydroxylation is 1. The molecular formula is C31H35N5O4. The van der Waals surface area contributed by atoms with Gasteiger partial charge in [-0.05, 0) is 42.0 Å². The molecule has 3 aromatic rings. The largest absolute Gasteiger partial charge is 0.453 e. The lowest BCUT2D eigenvalue weighted by molar-refractivity contribution is -0.140. The van der Waals surface area contributed by atoms with E-state index in [1.807, 2.05) is 79.7 Å². The lowest BCUT2D eigenvalue weighted by atomic mass is 9.84. The Kier molecular flexibility index (Phi) is 9.16. The number of hydrogen-bond donors (Lipinski definition) is 4. The zero-order valence-corrected chi connectivity index (χ0v) is 22.7. The van der Waals surface area contributed by atoms with E-state index in [9.17, 15) is 14.4 Å². The van der Waals surface area contributed by atoms with Crippen LogP contribution in [0.3, 0.4) is 0 Å². The summed E-state index contributed by atoms with van der Waals surface area (Å²) in [5.74, 6) is -1.11. The summed E-state index contributed by atoms with van der Waals surface area (Å²) in [5, 5.41) is 13.4. The number of amides is 3. The molecule has 1 fully saturated rings. The molecule has 5 N–H and O–H groups in total. The summed E-state index contributed by atoms with van der Waals surface area (Å²) in [6, 6.07) is 22.8. The molecule has 4 rings (SSSR count). The van der Waals surface area contributed by atoms with Gasteiger partial charge in [0.2, 0.25) is 11.8 Å². The van der Waals surface area contributed by atoms with E-state index in [0.29, 0.717) is 24.9 Å². The summed E-state index contributed by atoms with van der Waals surface area (Å²) in [7, 11) is 1.26. The van der Waals surface area contributed by atoms with Crippen LogP contribution in [0.25, 0.3) is 0 Å². The van der Waals surface area contributed by atoms with Crippen LogP contribution in [0.1, 0.15) is 46.6 Å². The van der Waals surface area contributed by atoms with Gasteiger partial charge >= 0.3 is 6.09 Å². The third-order valence-corrected chi connectivity index (χ3v) is 7.26. The lowest BCUT2D eigenvalue weighted by Crippen LogP contribution is -2.55. The predicted molar refractivity (Wildman–Crippen MR) is 153 cm³/mol. The van der Waals surface area contributed by atoms with Crippen LogP contribution in [-0.4, -0.2) is 54.4 Å². The highest BCUT2D eigenvalue weighted by Gasteiger charge is 2.41. The van der Waals surface area contributed by atoms with Crippen molar-refractivity contribution >= 4 is 23.7 Å². The molecule has 3 aromatic carbocycles. The van der Waals surface area contributed by atoms with E-state index in [2.05, 4.69) is 10.6 Å². The summed E-state index contributed by atoms with van der Waals surface area (Å²) in [5.41, 5.74) is 9.69. The molecule has 1 heterocycles. The summed E-state index contributed by atoms with van der Waals surface area (Å²) in [6.45, 7) is 2.54. The molecule has 9 heteroatoms. The molecule has 0 aromatic heterocycles. The number of amidine groups is 1. The Labute approximate surface area is 234 Å². The number of hydrogen-bond acceptors (Lipinski definition) is 5. The first-order valence-electron chi connectivity index (χ1n) is 13.3. The van der Waals surface area contributed by atoms with Crippen LogP contribution in [0, 0.1) is 12.3 Å². The molecule has 40 heavy (non-hydrogen) atoms. The van der Waals surface area contributed by atoms with Crippen molar-refractivity contribution in [2.75, 3.05) is 13.7 Å². The van der Waals surface area contributed by atoms with Crippen molar-refractivity contribution in [3.05, 3.63) is 107 Å². The number of carbonyl (C=O) groups excluding carboxylic acids is 3. The van der Waals surface area contributed by atoms with Crippen LogP contribution in [0.15, 0.2) is 78.9 Å². The Morgan fingerprint density at radius 1 is 1.02 bits per heavy atom. The summed E-state index contributed by atoms with van der Waals surface area (Å²) in [4.78, 5) is 41.5. The van der Waals surface area contributed by atoms with Crippen LogP contribution in [-0.2, 0) is 20.9 Å². The van der Waals surface area contributed by atoms with Gasteiger partial charge < -0.3 is 26.0 Å². The molecule has 1 unspecified atom stereocenters. The lowest BCUT2D eigenvalue weighted by Gasteiger charge is -2.33. The van der Waals surface area contributed by atoms with Crippen LogP contribution in [0.2, 0.25) is 0 Å². The normalized spacial score (nSPS) is 15.4. The predicted octanol–water partition coefficient (Wildman–Crippen LogP) is 3.44. The second-order valence-corrected chi connectivity index (χ2v) is 9.88. The van der Waals surface area contributed by atoms with Crippen molar-refractivity contribution in [3.8, 4) is 0 Å². The summed E-state index contributed by atoms with van der Waals surface area (Å²) < 4.78 is 4.89. The van der Waals surface area contributed by atoms with Crippen molar-refractivity contribution in [1.82, 2.24) is 15.5 Å². The number of nitrogen functional groups attached to an aromatic ring is 1. The van der Waals surface area contributed by atoms with Gasteiger partial charge in [0.1, 0.15) is 17.9 Å². The van der Waals surface area contributed by atoms with Crippen molar-refractivity contribution in [2.45, 2.75) is 44.3 Å². The number of likely N-dealkylation sites (tertiary alicyclic amines) is 1. The van der Waals surface area contributed by atoms with Gasteiger partial charge in [-0.1, -0.05) is 78.9 Å². The fraction of sp³-hybridized carbons (Fsp3) is 0.290. The van der Waals surface area contributed by atoms with Crippen LogP contribution in [0.4, 0.5) is 4.79 Å². The van der Waals surface area contributed by atoms with Crippen LogP contribution >= 0.6 is 0 Å². The molecule has 208 valence electrons. The van der Waals surface area contributed by atoms with Crippen LogP contribution < -0.4 is 16.4 Å². The first kappa shape index (κ1) is 28.4. The van der Waals surface area contributed by atoms with Crippen molar-refractivity contribution < 1.29 is 19.1 Å². The molecule has 1 saturated heterocycles. The van der Waals surface area contributed by atoms with E-state index in [1.54, 1.807) is 11.0 Å². The van der Waals surface area contributed by atoms with E-state index >= 15 is 0 Å². The number of ether oxygens (including phenoxy) is 1. The number of benzene rings is 3. The second kappa shape index (κ2) is 12.9. The Balaban J connectivity index is 1.58. The molecule has 9 nitrogen and oxygen atoms in total. The zero-order valence-electron chi connectivity index (χ0n) is 22.7. The van der Waals surface area contributed by atoms with Crippen LogP contribution in [0.5, 0.6) is 0 Å². The van der Waals surface area contributed by atoms with Crippen molar-refractivity contribution in [1.29, 1.82) is 5.41 Å². The summed E-state index contributed by atoms with van der Waals surface area (Å²) >= 11 is 0.